The maximum atomic E-state index is 12.9. The number of halogens is 1. The minimum Gasteiger partial charge on any atom is -0.457 e. The molecule has 0 atom stereocenters. The van der Waals surface area contributed by atoms with Crippen molar-refractivity contribution in [2.45, 2.75) is 13.3 Å². The van der Waals surface area contributed by atoms with E-state index in [1.165, 1.54) is 4.90 Å². The molecule has 6 heteroatoms. The molecule has 0 aliphatic carbocycles. The van der Waals surface area contributed by atoms with Gasteiger partial charge in [-0.05, 0) is 54.1 Å². The Balaban J connectivity index is 1.63. The minimum absolute atomic E-state index is 0.307. The number of carbonyl (C=O) groups is 2. The van der Waals surface area contributed by atoms with E-state index in [0.29, 0.717) is 27.1 Å². The lowest BCUT2D eigenvalue weighted by Crippen LogP contribution is -2.28. The predicted octanol–water partition coefficient (Wildman–Crippen LogP) is 6.40. The van der Waals surface area contributed by atoms with Crippen LogP contribution in [0.15, 0.2) is 70.0 Å². The monoisotopic (exact) mass is 409 g/mol. The molecule has 0 spiro atoms. The topological polar surface area (TPSA) is 50.5 Å². The largest absolute Gasteiger partial charge is 0.457 e. The van der Waals surface area contributed by atoms with Crippen LogP contribution in [-0.4, -0.2) is 11.1 Å². The third kappa shape index (κ3) is 3.51. The summed E-state index contributed by atoms with van der Waals surface area (Å²) in [6.07, 6.45) is 2.34. The highest BCUT2D eigenvalue weighted by Crippen LogP contribution is 2.37. The van der Waals surface area contributed by atoms with Gasteiger partial charge >= 0.3 is 0 Å². The van der Waals surface area contributed by atoms with Gasteiger partial charge in [-0.1, -0.05) is 48.9 Å². The fraction of sp³-hybridized carbons (Fsp3) is 0.0909. The van der Waals surface area contributed by atoms with Crippen LogP contribution in [0, 0.1) is 0 Å². The number of para-hydroxylation sites is 1. The Morgan fingerprint density at radius 2 is 1.89 bits per heavy atom. The Labute approximate surface area is 171 Å². The van der Waals surface area contributed by atoms with E-state index in [4.69, 9.17) is 16.0 Å². The maximum absolute atomic E-state index is 12.9. The number of benzene rings is 2. The van der Waals surface area contributed by atoms with Crippen molar-refractivity contribution >= 4 is 46.3 Å². The molecular weight excluding hydrogens is 394 g/mol. The summed E-state index contributed by atoms with van der Waals surface area (Å²) < 4.78 is 5.83. The van der Waals surface area contributed by atoms with E-state index in [1.807, 2.05) is 43.3 Å². The lowest BCUT2D eigenvalue weighted by Gasteiger charge is -2.16. The number of imide groups is 1. The normalized spacial score (nSPS) is 15.6. The molecule has 0 radical (unpaired) electrons. The fourth-order valence-electron chi connectivity index (χ4n) is 3.06. The Morgan fingerprint density at radius 3 is 2.68 bits per heavy atom. The Kier molecular flexibility index (Phi) is 5.11. The number of rotatable bonds is 4. The molecule has 4 nitrogen and oxygen atoms in total. The first-order valence-electron chi connectivity index (χ1n) is 8.78. The molecule has 0 unspecified atom stereocenters. The second-order valence-electron chi connectivity index (χ2n) is 6.21. The lowest BCUT2D eigenvalue weighted by molar-refractivity contribution is -0.113. The van der Waals surface area contributed by atoms with Crippen LogP contribution in [0.1, 0.15) is 18.2 Å². The van der Waals surface area contributed by atoms with Gasteiger partial charge in [-0.2, -0.15) is 0 Å². The molecule has 0 N–H and O–H groups in total. The van der Waals surface area contributed by atoms with Gasteiger partial charge in [0.1, 0.15) is 11.5 Å². The number of hydrogen-bond acceptors (Lipinski definition) is 4. The zero-order chi connectivity index (χ0) is 19.7. The van der Waals surface area contributed by atoms with Crippen molar-refractivity contribution in [3.8, 4) is 11.3 Å². The van der Waals surface area contributed by atoms with E-state index in [0.717, 1.165) is 29.3 Å². The first kappa shape index (κ1) is 18.6. The highest BCUT2D eigenvalue weighted by atomic mass is 35.5. The highest BCUT2D eigenvalue weighted by molar-refractivity contribution is 8.19. The zero-order valence-electron chi connectivity index (χ0n) is 15.0. The van der Waals surface area contributed by atoms with E-state index in [1.54, 1.807) is 30.3 Å². The summed E-state index contributed by atoms with van der Waals surface area (Å²) >= 11 is 6.94. The summed E-state index contributed by atoms with van der Waals surface area (Å²) in [4.78, 5) is 26.9. The molecule has 1 aliphatic heterocycles. The molecule has 1 aromatic heterocycles. The van der Waals surface area contributed by atoms with Crippen molar-refractivity contribution in [1.82, 2.24) is 0 Å². The molecule has 2 amide bonds. The third-order valence-electron chi connectivity index (χ3n) is 4.42. The van der Waals surface area contributed by atoms with E-state index >= 15 is 0 Å². The summed E-state index contributed by atoms with van der Waals surface area (Å²) in [5.74, 6) is 0.810. The molecule has 4 rings (SSSR count). The van der Waals surface area contributed by atoms with E-state index in [9.17, 15) is 9.59 Å². The van der Waals surface area contributed by atoms with Gasteiger partial charge < -0.3 is 4.42 Å². The Bertz CT molecular complexity index is 1100. The summed E-state index contributed by atoms with van der Waals surface area (Å²) in [5.41, 5.74) is 2.43. The number of thioether (sulfide) groups is 1. The van der Waals surface area contributed by atoms with Gasteiger partial charge in [0.2, 0.25) is 0 Å². The molecule has 1 fully saturated rings. The van der Waals surface area contributed by atoms with Crippen LogP contribution in [0.4, 0.5) is 10.5 Å². The molecule has 2 aromatic carbocycles. The lowest BCUT2D eigenvalue weighted by atomic mass is 10.1. The van der Waals surface area contributed by atoms with Crippen LogP contribution < -0.4 is 4.90 Å². The molecule has 3 aromatic rings. The average molecular weight is 410 g/mol. The Hall–Kier alpha value is -2.76. The molecule has 1 saturated heterocycles. The van der Waals surface area contributed by atoms with Crippen LogP contribution in [0.5, 0.6) is 0 Å². The SMILES string of the molecule is CCc1ccccc1N1C(=O)S/C(=C/c2ccc(-c3cccc(Cl)c3)o2)C1=O. The van der Waals surface area contributed by atoms with E-state index in [2.05, 4.69) is 0 Å². The minimum atomic E-state index is -0.336. The van der Waals surface area contributed by atoms with Crippen molar-refractivity contribution in [2.75, 3.05) is 4.90 Å². The van der Waals surface area contributed by atoms with Crippen LogP contribution in [-0.2, 0) is 11.2 Å². The quantitative estimate of drug-likeness (QED) is 0.467. The molecule has 140 valence electrons. The van der Waals surface area contributed by atoms with Crippen LogP contribution in [0.25, 0.3) is 17.4 Å². The van der Waals surface area contributed by atoms with Crippen molar-refractivity contribution in [1.29, 1.82) is 0 Å². The molecule has 2 heterocycles. The van der Waals surface area contributed by atoms with Gasteiger partial charge in [0, 0.05) is 16.7 Å². The zero-order valence-corrected chi connectivity index (χ0v) is 16.6. The van der Waals surface area contributed by atoms with Gasteiger partial charge in [0.05, 0.1) is 10.6 Å². The number of aryl methyl sites for hydroxylation is 1. The summed E-state index contributed by atoms with van der Waals surface area (Å²) in [6, 6.07) is 18.4. The molecular formula is C22H16ClNO3S. The van der Waals surface area contributed by atoms with Crippen LogP contribution >= 0.6 is 23.4 Å². The third-order valence-corrected chi connectivity index (χ3v) is 5.52. The van der Waals surface area contributed by atoms with Crippen molar-refractivity contribution in [3.05, 3.63) is 81.9 Å². The number of hydrogen-bond donors (Lipinski definition) is 0. The summed E-state index contributed by atoms with van der Waals surface area (Å²) in [7, 11) is 0. The number of amides is 2. The second-order valence-corrected chi connectivity index (χ2v) is 7.64. The average Bonchev–Trinajstić information content (AvgIpc) is 3.27. The number of furan rings is 1. The standard InChI is InChI=1S/C22H16ClNO3S/c1-2-14-6-3-4-9-18(14)24-21(25)20(28-22(24)26)13-17-10-11-19(27-17)15-7-5-8-16(23)12-15/h3-13H,2H2,1H3/b20-13+. The van der Waals surface area contributed by atoms with Gasteiger partial charge in [-0.15, -0.1) is 0 Å². The Morgan fingerprint density at radius 1 is 1.07 bits per heavy atom. The van der Waals surface area contributed by atoms with Crippen LogP contribution in [0.2, 0.25) is 5.02 Å². The van der Waals surface area contributed by atoms with Gasteiger partial charge in [0.15, 0.2) is 0 Å². The molecule has 1 aliphatic rings. The maximum Gasteiger partial charge on any atom is 0.298 e. The summed E-state index contributed by atoms with van der Waals surface area (Å²) in [5, 5.41) is 0.310. The van der Waals surface area contributed by atoms with Gasteiger partial charge in [-0.25, -0.2) is 4.90 Å². The number of nitrogens with zero attached hydrogens (tertiary/aromatic N) is 1. The van der Waals surface area contributed by atoms with E-state index < -0.39 is 0 Å². The number of carbonyl (C=O) groups excluding carboxylic acids is 2. The van der Waals surface area contributed by atoms with Gasteiger partial charge in [0.25, 0.3) is 11.1 Å². The molecule has 28 heavy (non-hydrogen) atoms. The smallest absolute Gasteiger partial charge is 0.298 e. The van der Waals surface area contributed by atoms with Crippen molar-refractivity contribution in [3.63, 3.8) is 0 Å². The fourth-order valence-corrected chi connectivity index (χ4v) is 4.06. The van der Waals surface area contributed by atoms with Crippen LogP contribution in [0.3, 0.4) is 0 Å². The molecule has 0 saturated carbocycles. The summed E-state index contributed by atoms with van der Waals surface area (Å²) in [6.45, 7) is 1.99. The number of anilines is 1. The van der Waals surface area contributed by atoms with Crippen molar-refractivity contribution in [2.24, 2.45) is 0 Å². The van der Waals surface area contributed by atoms with Crippen molar-refractivity contribution < 1.29 is 14.0 Å². The highest BCUT2D eigenvalue weighted by Gasteiger charge is 2.37. The first-order valence-corrected chi connectivity index (χ1v) is 9.98. The first-order chi connectivity index (χ1) is 13.6. The van der Waals surface area contributed by atoms with Gasteiger partial charge in [-0.3, -0.25) is 9.59 Å². The molecule has 0 bridgehead atoms. The predicted molar refractivity (Wildman–Crippen MR) is 113 cm³/mol. The second kappa shape index (κ2) is 7.70. The van der Waals surface area contributed by atoms with E-state index in [-0.39, 0.29) is 11.1 Å².